The quantitative estimate of drug-likeness (QED) is 0.549. The Morgan fingerprint density at radius 1 is 1.27 bits per heavy atom. The highest BCUT2D eigenvalue weighted by Crippen LogP contribution is 2.16. The van der Waals surface area contributed by atoms with Crippen molar-refractivity contribution in [2.75, 3.05) is 0 Å². The van der Waals surface area contributed by atoms with Crippen LogP contribution in [-0.2, 0) is 11.3 Å². The number of hydrogen-bond acceptors (Lipinski definition) is 5. The van der Waals surface area contributed by atoms with Gasteiger partial charge in [0.25, 0.3) is 0 Å². The summed E-state index contributed by atoms with van der Waals surface area (Å²) in [4.78, 5) is 23.8. The number of fused-ring (bicyclic) bond motifs is 1. The Kier molecular flexibility index (Phi) is 3.50. The van der Waals surface area contributed by atoms with E-state index in [4.69, 9.17) is 13.6 Å². The predicted octanol–water partition coefficient (Wildman–Crippen LogP) is 3.19. The maximum Gasteiger partial charge on any atom is 0.351 e. The lowest BCUT2D eigenvalue weighted by molar-refractivity contribution is 0.0466. The van der Waals surface area contributed by atoms with Gasteiger partial charge >= 0.3 is 11.6 Å². The van der Waals surface area contributed by atoms with Crippen molar-refractivity contribution in [2.45, 2.75) is 13.5 Å². The first-order valence-electron chi connectivity index (χ1n) is 6.48. The first kappa shape index (κ1) is 14.1. The number of esters is 1. The number of halogens is 1. The number of rotatable bonds is 3. The summed E-state index contributed by atoms with van der Waals surface area (Å²) in [6, 6.07) is 6.60. The molecule has 0 saturated heterocycles. The molecule has 2 aromatic heterocycles. The highest BCUT2D eigenvalue weighted by atomic mass is 19.1. The Morgan fingerprint density at radius 2 is 2.09 bits per heavy atom. The van der Waals surface area contributed by atoms with Gasteiger partial charge in [-0.2, -0.15) is 0 Å². The first-order valence-corrected chi connectivity index (χ1v) is 6.48. The molecule has 0 spiro atoms. The van der Waals surface area contributed by atoms with Crippen molar-refractivity contribution < 1.29 is 22.8 Å². The molecule has 0 fully saturated rings. The molecule has 6 heteroatoms. The average Bonchev–Trinajstić information content (AvgIpc) is 2.90. The van der Waals surface area contributed by atoms with Crippen LogP contribution >= 0.6 is 0 Å². The van der Waals surface area contributed by atoms with Gasteiger partial charge < -0.3 is 13.6 Å². The van der Waals surface area contributed by atoms with Crippen LogP contribution in [0.3, 0.4) is 0 Å². The Hall–Kier alpha value is -2.89. The Bertz CT molecular complexity index is 906. The second-order valence-electron chi connectivity index (χ2n) is 4.71. The molecule has 22 heavy (non-hydrogen) atoms. The zero-order chi connectivity index (χ0) is 15.7. The summed E-state index contributed by atoms with van der Waals surface area (Å²) in [5, 5.41) is 0.311. The highest BCUT2D eigenvalue weighted by molar-refractivity contribution is 5.92. The molecule has 0 bridgehead atoms. The molecule has 2 heterocycles. The van der Waals surface area contributed by atoms with E-state index in [1.54, 1.807) is 13.0 Å². The minimum absolute atomic E-state index is 0.0260. The lowest BCUT2D eigenvalue weighted by atomic mass is 10.2. The topological polar surface area (TPSA) is 69.7 Å². The van der Waals surface area contributed by atoms with Crippen molar-refractivity contribution >= 4 is 16.9 Å². The van der Waals surface area contributed by atoms with Crippen molar-refractivity contribution in [3.8, 4) is 0 Å². The van der Waals surface area contributed by atoms with Crippen LogP contribution in [0.25, 0.3) is 11.0 Å². The standard InChI is InChI=1S/C16H11FO5/c1-9-10(4-5-20-9)8-21-15(18)13-7-11-6-12(17)2-3-14(11)22-16(13)19/h2-7H,8H2,1H3. The van der Waals surface area contributed by atoms with Gasteiger partial charge in [-0.1, -0.05) is 0 Å². The number of hydrogen-bond donors (Lipinski definition) is 0. The van der Waals surface area contributed by atoms with Gasteiger partial charge in [-0.05, 0) is 37.3 Å². The summed E-state index contributed by atoms with van der Waals surface area (Å²) in [6.45, 7) is 1.71. The van der Waals surface area contributed by atoms with Crippen molar-refractivity contribution in [3.05, 3.63) is 69.7 Å². The number of furan rings is 1. The second kappa shape index (κ2) is 5.48. The van der Waals surface area contributed by atoms with E-state index in [-0.39, 0.29) is 17.8 Å². The minimum Gasteiger partial charge on any atom is -0.469 e. The van der Waals surface area contributed by atoms with Crippen LogP contribution in [0.1, 0.15) is 21.7 Å². The molecule has 0 saturated carbocycles. The molecule has 0 aliphatic heterocycles. The molecular formula is C16H11FO5. The summed E-state index contributed by atoms with van der Waals surface area (Å²) < 4.78 is 28.3. The number of carbonyl (C=O) groups excluding carboxylic acids is 1. The van der Waals surface area contributed by atoms with E-state index in [2.05, 4.69) is 0 Å². The fraction of sp³-hybridized carbons (Fsp3) is 0.125. The molecule has 0 atom stereocenters. The number of benzene rings is 1. The van der Waals surface area contributed by atoms with Gasteiger partial charge in [-0.25, -0.2) is 14.0 Å². The summed E-state index contributed by atoms with van der Waals surface area (Å²) in [7, 11) is 0. The van der Waals surface area contributed by atoms with Crippen LogP contribution in [0.15, 0.2) is 50.2 Å². The monoisotopic (exact) mass is 302 g/mol. The molecule has 0 aliphatic carbocycles. The number of aryl methyl sites for hydroxylation is 1. The zero-order valence-electron chi connectivity index (χ0n) is 11.6. The third-order valence-electron chi connectivity index (χ3n) is 3.24. The van der Waals surface area contributed by atoms with E-state index in [0.717, 1.165) is 0 Å². The highest BCUT2D eigenvalue weighted by Gasteiger charge is 2.16. The molecule has 0 amide bonds. The Balaban J connectivity index is 1.88. The largest absolute Gasteiger partial charge is 0.469 e. The van der Waals surface area contributed by atoms with Crippen molar-refractivity contribution in [1.82, 2.24) is 0 Å². The lowest BCUT2D eigenvalue weighted by Gasteiger charge is -2.04. The van der Waals surface area contributed by atoms with Crippen molar-refractivity contribution in [1.29, 1.82) is 0 Å². The molecular weight excluding hydrogens is 291 g/mol. The van der Waals surface area contributed by atoms with E-state index < -0.39 is 17.4 Å². The summed E-state index contributed by atoms with van der Waals surface area (Å²) in [5.74, 6) is -0.699. The van der Waals surface area contributed by atoms with Gasteiger partial charge in [0.2, 0.25) is 0 Å². The maximum atomic E-state index is 13.2. The maximum absolute atomic E-state index is 13.2. The molecule has 3 aromatic rings. The van der Waals surface area contributed by atoms with Crippen LogP contribution in [0, 0.1) is 12.7 Å². The summed E-state index contributed by atoms with van der Waals surface area (Å²) in [6.07, 6.45) is 1.48. The van der Waals surface area contributed by atoms with E-state index in [0.29, 0.717) is 16.7 Å². The molecule has 112 valence electrons. The number of ether oxygens (including phenoxy) is 1. The normalized spacial score (nSPS) is 10.8. The molecule has 0 radical (unpaired) electrons. The van der Waals surface area contributed by atoms with E-state index >= 15 is 0 Å². The Morgan fingerprint density at radius 3 is 2.82 bits per heavy atom. The zero-order valence-corrected chi connectivity index (χ0v) is 11.6. The second-order valence-corrected chi connectivity index (χ2v) is 4.71. The molecule has 3 rings (SSSR count). The molecule has 0 N–H and O–H groups in total. The first-order chi connectivity index (χ1) is 10.5. The van der Waals surface area contributed by atoms with Crippen LogP contribution < -0.4 is 5.63 Å². The van der Waals surface area contributed by atoms with Gasteiger partial charge in [0.1, 0.15) is 29.3 Å². The number of carbonyl (C=O) groups is 1. The van der Waals surface area contributed by atoms with Gasteiger partial charge in [0.15, 0.2) is 0 Å². The predicted molar refractivity (Wildman–Crippen MR) is 75.0 cm³/mol. The van der Waals surface area contributed by atoms with Crippen LogP contribution in [0.5, 0.6) is 0 Å². The summed E-state index contributed by atoms with van der Waals surface area (Å²) >= 11 is 0. The fourth-order valence-electron chi connectivity index (χ4n) is 2.02. The third-order valence-corrected chi connectivity index (χ3v) is 3.24. The van der Waals surface area contributed by atoms with E-state index in [9.17, 15) is 14.0 Å². The third kappa shape index (κ3) is 2.63. The van der Waals surface area contributed by atoms with Crippen LogP contribution in [0.2, 0.25) is 0 Å². The van der Waals surface area contributed by atoms with Gasteiger partial charge in [0, 0.05) is 10.9 Å². The van der Waals surface area contributed by atoms with Gasteiger partial charge in [-0.3, -0.25) is 0 Å². The van der Waals surface area contributed by atoms with Crippen LogP contribution in [-0.4, -0.2) is 5.97 Å². The van der Waals surface area contributed by atoms with Gasteiger partial charge in [0.05, 0.1) is 6.26 Å². The minimum atomic E-state index is -0.833. The SMILES string of the molecule is Cc1occc1COC(=O)c1cc2cc(F)ccc2oc1=O. The van der Waals surface area contributed by atoms with Crippen LogP contribution in [0.4, 0.5) is 4.39 Å². The summed E-state index contributed by atoms with van der Waals surface area (Å²) in [5.41, 5.74) is -0.203. The van der Waals surface area contributed by atoms with Crippen molar-refractivity contribution in [3.63, 3.8) is 0 Å². The van der Waals surface area contributed by atoms with Gasteiger partial charge in [-0.15, -0.1) is 0 Å². The fourth-order valence-corrected chi connectivity index (χ4v) is 2.02. The van der Waals surface area contributed by atoms with E-state index in [1.807, 2.05) is 0 Å². The molecule has 0 unspecified atom stereocenters. The average molecular weight is 302 g/mol. The molecule has 5 nitrogen and oxygen atoms in total. The lowest BCUT2D eigenvalue weighted by Crippen LogP contribution is -2.16. The molecule has 0 aliphatic rings. The Labute approximate surface area is 123 Å². The van der Waals surface area contributed by atoms with E-state index in [1.165, 1.54) is 30.5 Å². The van der Waals surface area contributed by atoms with Crippen molar-refractivity contribution in [2.24, 2.45) is 0 Å². The molecule has 1 aromatic carbocycles. The smallest absolute Gasteiger partial charge is 0.351 e.